The average Bonchev–Trinajstić information content (AvgIpc) is 2.59. The molecular weight excluding hydrogens is 318 g/mol. The summed E-state index contributed by atoms with van der Waals surface area (Å²) in [6.45, 7) is 2.01. The molecule has 1 aromatic carbocycles. The third-order valence-corrected chi connectivity index (χ3v) is 12.6. The summed E-state index contributed by atoms with van der Waals surface area (Å²) in [6, 6.07) is 9.94. The van der Waals surface area contributed by atoms with Crippen LogP contribution in [0.2, 0.25) is 5.16 Å². The summed E-state index contributed by atoms with van der Waals surface area (Å²) in [5, 5.41) is 3.27. The highest BCUT2D eigenvalue weighted by molar-refractivity contribution is 6.85. The summed E-state index contributed by atoms with van der Waals surface area (Å²) in [7, 11) is 2.62. The summed E-state index contributed by atoms with van der Waals surface area (Å²) in [4.78, 5) is 0. The number of hydrogen-bond donors (Lipinski definition) is 1. The highest BCUT2D eigenvalue weighted by Crippen LogP contribution is 2.34. The average molecular weight is 346 g/mol. The van der Waals surface area contributed by atoms with Gasteiger partial charge in [-0.1, -0.05) is 25.1 Å². The van der Waals surface area contributed by atoms with Crippen LogP contribution >= 0.6 is 0 Å². The van der Waals surface area contributed by atoms with Gasteiger partial charge in [0.1, 0.15) is 0 Å². The minimum absolute atomic E-state index is 0.105. The van der Waals surface area contributed by atoms with Gasteiger partial charge >= 0.3 is 17.4 Å². The molecule has 6 nitrogen and oxygen atoms in total. The Morgan fingerprint density at radius 1 is 0.864 bits per heavy atom. The quantitative estimate of drug-likeness (QED) is 0.656. The number of anilines is 1. The third-order valence-electron chi connectivity index (χ3n) is 4.05. The molecule has 0 aliphatic rings. The second-order valence-electron chi connectivity index (χ2n) is 4.88. The van der Waals surface area contributed by atoms with Crippen LogP contribution in [0, 0.1) is 0 Å². The molecule has 0 spiro atoms. The van der Waals surface area contributed by atoms with Crippen LogP contribution < -0.4 is 5.32 Å². The molecule has 0 heterocycles. The maximum atomic E-state index is 5.83. The van der Waals surface area contributed by atoms with Gasteiger partial charge in [-0.15, -0.1) is 0 Å². The first-order valence-corrected chi connectivity index (χ1v) is 11.0. The molecule has 0 fully saturated rings. The highest BCUT2D eigenvalue weighted by atomic mass is 28.4. The number of hydrogen-bond acceptors (Lipinski definition) is 6. The number of para-hydroxylation sites is 1. The van der Waals surface area contributed by atoms with Gasteiger partial charge in [-0.2, -0.15) is 0 Å². The Bertz CT molecular complexity index is 418. The van der Waals surface area contributed by atoms with E-state index in [4.69, 9.17) is 22.1 Å². The van der Waals surface area contributed by atoms with Crippen molar-refractivity contribution in [2.24, 2.45) is 0 Å². The Kier molecular flexibility index (Phi) is 7.70. The van der Waals surface area contributed by atoms with Crippen molar-refractivity contribution < 1.29 is 22.1 Å². The summed E-state index contributed by atoms with van der Waals surface area (Å²) >= 11 is 0. The fourth-order valence-corrected chi connectivity index (χ4v) is 10.3. The zero-order chi connectivity index (χ0) is 16.6. The lowest BCUT2D eigenvalue weighted by Gasteiger charge is -2.39. The zero-order valence-electron chi connectivity index (χ0n) is 14.2. The van der Waals surface area contributed by atoms with Gasteiger partial charge < -0.3 is 27.4 Å². The van der Waals surface area contributed by atoms with Crippen LogP contribution in [0.5, 0.6) is 0 Å². The molecule has 0 amide bonds. The molecule has 0 saturated heterocycles. The van der Waals surface area contributed by atoms with Crippen molar-refractivity contribution in [3.05, 3.63) is 30.3 Å². The van der Waals surface area contributed by atoms with E-state index in [9.17, 15) is 0 Å². The summed E-state index contributed by atoms with van der Waals surface area (Å²) in [5.74, 6) is 0. The topological polar surface area (TPSA) is 58.2 Å². The molecule has 0 bridgehead atoms. The maximum Gasteiger partial charge on any atom is 0.505 e. The van der Waals surface area contributed by atoms with Crippen molar-refractivity contribution in [2.75, 3.05) is 47.0 Å². The van der Waals surface area contributed by atoms with E-state index in [2.05, 4.69) is 5.32 Å². The van der Waals surface area contributed by atoms with Crippen molar-refractivity contribution in [3.8, 4) is 0 Å². The molecule has 0 saturated carbocycles. The van der Waals surface area contributed by atoms with Gasteiger partial charge in [-0.3, -0.25) is 0 Å². The van der Waals surface area contributed by atoms with E-state index in [0.29, 0.717) is 6.17 Å². The van der Waals surface area contributed by atoms with E-state index < -0.39 is 17.4 Å². The lowest BCUT2D eigenvalue weighted by atomic mass is 10.3. The van der Waals surface area contributed by atoms with Crippen LogP contribution in [0.3, 0.4) is 0 Å². The maximum absolute atomic E-state index is 5.83. The van der Waals surface area contributed by atoms with Crippen LogP contribution in [0.25, 0.3) is 0 Å². The minimum Gasteiger partial charge on any atom is -0.396 e. The van der Waals surface area contributed by atoms with Gasteiger partial charge in [0.15, 0.2) is 0 Å². The summed E-state index contributed by atoms with van der Waals surface area (Å²) in [5.41, 5.74) is 1.01. The highest BCUT2D eigenvalue weighted by Gasteiger charge is 2.59. The van der Waals surface area contributed by atoms with E-state index >= 15 is 0 Å². The first-order chi connectivity index (χ1) is 10.5. The first kappa shape index (κ1) is 19.3. The number of nitrogens with one attached hydrogen (secondary N) is 1. The minimum atomic E-state index is -2.86. The van der Waals surface area contributed by atoms with Gasteiger partial charge in [0.2, 0.25) is 0 Å². The summed E-state index contributed by atoms with van der Waals surface area (Å²) < 4.78 is 28.5. The van der Waals surface area contributed by atoms with Crippen LogP contribution in [0.4, 0.5) is 5.69 Å². The lowest BCUT2D eigenvalue weighted by Crippen LogP contribution is -2.62. The molecule has 1 aromatic rings. The molecule has 0 aromatic heterocycles. The Labute approximate surface area is 135 Å². The molecule has 0 radical (unpaired) electrons. The van der Waals surface area contributed by atoms with Crippen LogP contribution in [-0.4, -0.2) is 59.1 Å². The second-order valence-corrected chi connectivity index (χ2v) is 12.4. The predicted molar refractivity (Wildman–Crippen MR) is 90.9 cm³/mol. The Morgan fingerprint density at radius 3 is 1.77 bits per heavy atom. The molecule has 126 valence electrons. The smallest absolute Gasteiger partial charge is 0.396 e. The van der Waals surface area contributed by atoms with E-state index in [1.165, 1.54) is 0 Å². The first-order valence-electron chi connectivity index (χ1n) is 7.08. The molecule has 1 rings (SSSR count). The number of benzene rings is 1. The molecule has 1 N–H and O–H groups in total. The molecular formula is C14H27NO5Si2. The van der Waals surface area contributed by atoms with Gasteiger partial charge in [-0.25, -0.2) is 0 Å². The third kappa shape index (κ3) is 3.96. The Balaban J connectivity index is 2.98. The predicted octanol–water partition coefficient (Wildman–Crippen LogP) is 2.18. The van der Waals surface area contributed by atoms with Crippen molar-refractivity contribution in [3.63, 3.8) is 0 Å². The van der Waals surface area contributed by atoms with E-state index in [1.54, 1.807) is 35.5 Å². The molecule has 0 aliphatic carbocycles. The fraction of sp³-hybridized carbons (Fsp3) is 0.571. The van der Waals surface area contributed by atoms with Gasteiger partial charge in [0.25, 0.3) is 0 Å². The fourth-order valence-electron chi connectivity index (χ4n) is 2.57. The van der Waals surface area contributed by atoms with E-state index in [-0.39, 0.29) is 5.16 Å². The van der Waals surface area contributed by atoms with Gasteiger partial charge in [0.05, 0.1) is 11.3 Å². The summed E-state index contributed by atoms with van der Waals surface area (Å²) in [6.07, 6.45) is 0.565. The van der Waals surface area contributed by atoms with Crippen molar-refractivity contribution in [2.45, 2.75) is 12.1 Å². The van der Waals surface area contributed by atoms with E-state index in [1.807, 2.05) is 37.3 Å². The van der Waals surface area contributed by atoms with Crippen molar-refractivity contribution >= 4 is 23.1 Å². The van der Waals surface area contributed by atoms with Crippen LogP contribution in [-0.2, 0) is 22.1 Å². The molecule has 22 heavy (non-hydrogen) atoms. The monoisotopic (exact) mass is 345 g/mol. The molecule has 8 heteroatoms. The normalized spacial score (nSPS) is 13.9. The Morgan fingerprint density at radius 2 is 1.36 bits per heavy atom. The van der Waals surface area contributed by atoms with Gasteiger partial charge in [0, 0.05) is 41.2 Å². The van der Waals surface area contributed by atoms with Crippen molar-refractivity contribution in [1.29, 1.82) is 0 Å². The molecule has 1 unspecified atom stereocenters. The zero-order valence-corrected chi connectivity index (χ0v) is 16.2. The van der Waals surface area contributed by atoms with Crippen molar-refractivity contribution in [1.82, 2.24) is 0 Å². The Hall–Kier alpha value is -0.746. The molecule has 0 aliphatic heterocycles. The SMILES string of the molecule is CO[Si](CNc1ccccc1)(OC)C(C)[Si](OC)(OC)OC. The lowest BCUT2D eigenvalue weighted by molar-refractivity contribution is 0.111. The van der Waals surface area contributed by atoms with E-state index in [0.717, 1.165) is 5.69 Å². The molecule has 1 atom stereocenters. The largest absolute Gasteiger partial charge is 0.505 e. The standard InChI is InChI=1S/C14H27NO5Si2/c1-13(22(18-4,19-5)20-6)21(16-2,17-3)12-15-14-10-8-7-9-11-14/h7-11,13,15H,12H2,1-6H3. The number of rotatable bonds is 10. The van der Waals surface area contributed by atoms with Crippen LogP contribution in [0.15, 0.2) is 30.3 Å². The van der Waals surface area contributed by atoms with Crippen LogP contribution in [0.1, 0.15) is 6.92 Å². The second kappa shape index (κ2) is 8.77. The van der Waals surface area contributed by atoms with Gasteiger partial charge in [-0.05, 0) is 12.1 Å².